The molecule has 0 saturated heterocycles. The standard InChI is InChI=1S/C22H17Cl2NO/c23-19-12-10-16(11-13-19)15-25-22(26)20(17-6-2-1-3-7-17)14-18-8-4-5-9-21(18)24/h1-14H,15H2,(H,25,26)/b20-14+. The van der Waals surface area contributed by atoms with Crippen LogP contribution in [0.3, 0.4) is 0 Å². The van der Waals surface area contributed by atoms with Crippen LogP contribution >= 0.6 is 23.2 Å². The van der Waals surface area contributed by atoms with Gasteiger partial charge in [0.15, 0.2) is 0 Å². The molecule has 3 aromatic carbocycles. The van der Waals surface area contributed by atoms with E-state index in [0.29, 0.717) is 22.2 Å². The zero-order chi connectivity index (χ0) is 18.4. The normalized spacial score (nSPS) is 11.2. The molecule has 0 unspecified atom stereocenters. The van der Waals surface area contributed by atoms with Gasteiger partial charge in [-0.2, -0.15) is 0 Å². The van der Waals surface area contributed by atoms with Crippen LogP contribution in [0.25, 0.3) is 11.6 Å². The van der Waals surface area contributed by atoms with Gasteiger partial charge in [-0.05, 0) is 41.0 Å². The molecule has 1 N–H and O–H groups in total. The maximum Gasteiger partial charge on any atom is 0.252 e. The van der Waals surface area contributed by atoms with E-state index in [2.05, 4.69) is 5.32 Å². The second-order valence-corrected chi connectivity index (χ2v) is 6.60. The fraction of sp³-hybridized carbons (Fsp3) is 0.0455. The summed E-state index contributed by atoms with van der Waals surface area (Å²) >= 11 is 12.2. The Morgan fingerprint density at radius 3 is 2.19 bits per heavy atom. The Morgan fingerprint density at radius 2 is 1.50 bits per heavy atom. The molecule has 3 aromatic rings. The molecule has 0 spiro atoms. The Bertz CT molecular complexity index is 918. The van der Waals surface area contributed by atoms with Gasteiger partial charge in [-0.25, -0.2) is 0 Å². The molecule has 0 heterocycles. The van der Waals surface area contributed by atoms with Crippen LogP contribution in [-0.4, -0.2) is 5.91 Å². The molecule has 0 saturated carbocycles. The van der Waals surface area contributed by atoms with E-state index >= 15 is 0 Å². The van der Waals surface area contributed by atoms with Crippen LogP contribution in [0.2, 0.25) is 10.0 Å². The fourth-order valence-corrected chi connectivity index (χ4v) is 2.84. The van der Waals surface area contributed by atoms with E-state index in [0.717, 1.165) is 16.7 Å². The lowest BCUT2D eigenvalue weighted by molar-refractivity contribution is -0.115. The summed E-state index contributed by atoms with van der Waals surface area (Å²) in [6.45, 7) is 0.419. The number of benzene rings is 3. The van der Waals surface area contributed by atoms with E-state index in [1.165, 1.54) is 0 Å². The molecular formula is C22H17Cl2NO. The van der Waals surface area contributed by atoms with Crippen LogP contribution in [-0.2, 0) is 11.3 Å². The zero-order valence-corrected chi connectivity index (χ0v) is 15.5. The highest BCUT2D eigenvalue weighted by Gasteiger charge is 2.12. The van der Waals surface area contributed by atoms with Crippen molar-refractivity contribution in [2.45, 2.75) is 6.54 Å². The van der Waals surface area contributed by atoms with Crippen molar-refractivity contribution in [3.63, 3.8) is 0 Å². The van der Waals surface area contributed by atoms with Gasteiger partial charge < -0.3 is 5.32 Å². The van der Waals surface area contributed by atoms with Gasteiger partial charge >= 0.3 is 0 Å². The Hall–Kier alpha value is -2.55. The molecule has 0 aliphatic carbocycles. The summed E-state index contributed by atoms with van der Waals surface area (Å²) in [7, 11) is 0. The van der Waals surface area contributed by atoms with Crippen LogP contribution in [0.1, 0.15) is 16.7 Å². The molecule has 4 heteroatoms. The molecule has 0 aliphatic rings. The number of hydrogen-bond acceptors (Lipinski definition) is 1. The van der Waals surface area contributed by atoms with E-state index in [9.17, 15) is 4.79 Å². The van der Waals surface area contributed by atoms with Gasteiger partial charge in [0.05, 0.1) is 0 Å². The van der Waals surface area contributed by atoms with Crippen molar-refractivity contribution >= 4 is 40.8 Å². The molecule has 0 bridgehead atoms. The molecule has 0 aromatic heterocycles. The van der Waals surface area contributed by atoms with Gasteiger partial charge in [-0.1, -0.05) is 83.9 Å². The first-order valence-electron chi connectivity index (χ1n) is 8.18. The molecule has 0 atom stereocenters. The summed E-state index contributed by atoms with van der Waals surface area (Å²) in [4.78, 5) is 12.9. The average molecular weight is 382 g/mol. The first kappa shape index (κ1) is 18.2. The van der Waals surface area contributed by atoms with Crippen molar-refractivity contribution < 1.29 is 4.79 Å². The van der Waals surface area contributed by atoms with Crippen molar-refractivity contribution in [1.82, 2.24) is 5.32 Å². The van der Waals surface area contributed by atoms with Crippen LogP contribution in [0, 0.1) is 0 Å². The number of halogens is 2. The molecule has 0 fully saturated rings. The van der Waals surface area contributed by atoms with Crippen LogP contribution in [0.4, 0.5) is 0 Å². The minimum absolute atomic E-state index is 0.161. The Balaban J connectivity index is 1.87. The van der Waals surface area contributed by atoms with Gasteiger partial charge in [-0.15, -0.1) is 0 Å². The first-order chi connectivity index (χ1) is 12.6. The van der Waals surface area contributed by atoms with Crippen LogP contribution in [0.5, 0.6) is 0 Å². The number of nitrogens with one attached hydrogen (secondary N) is 1. The molecule has 130 valence electrons. The van der Waals surface area contributed by atoms with Gasteiger partial charge in [0.2, 0.25) is 0 Å². The average Bonchev–Trinajstić information content (AvgIpc) is 2.67. The summed E-state index contributed by atoms with van der Waals surface area (Å²) < 4.78 is 0. The van der Waals surface area contributed by atoms with Gasteiger partial charge in [0.1, 0.15) is 0 Å². The second kappa shape index (κ2) is 8.70. The third-order valence-electron chi connectivity index (χ3n) is 3.90. The smallest absolute Gasteiger partial charge is 0.252 e. The summed E-state index contributed by atoms with van der Waals surface area (Å²) in [6, 6.07) is 24.4. The highest BCUT2D eigenvalue weighted by atomic mass is 35.5. The highest BCUT2D eigenvalue weighted by Crippen LogP contribution is 2.23. The highest BCUT2D eigenvalue weighted by molar-refractivity contribution is 6.33. The monoisotopic (exact) mass is 381 g/mol. The fourth-order valence-electron chi connectivity index (χ4n) is 2.53. The van der Waals surface area contributed by atoms with Crippen LogP contribution in [0.15, 0.2) is 78.9 Å². The number of hydrogen-bond donors (Lipinski definition) is 1. The van der Waals surface area contributed by atoms with Crippen molar-refractivity contribution in [3.8, 4) is 0 Å². The van der Waals surface area contributed by atoms with Crippen molar-refractivity contribution in [3.05, 3.63) is 106 Å². The van der Waals surface area contributed by atoms with E-state index in [-0.39, 0.29) is 5.91 Å². The summed E-state index contributed by atoms with van der Waals surface area (Å²) in [5.74, 6) is -0.161. The lowest BCUT2D eigenvalue weighted by Gasteiger charge is -2.10. The zero-order valence-electron chi connectivity index (χ0n) is 14.0. The van der Waals surface area contributed by atoms with Crippen LogP contribution < -0.4 is 5.32 Å². The van der Waals surface area contributed by atoms with E-state index in [1.54, 1.807) is 12.1 Å². The minimum Gasteiger partial charge on any atom is -0.348 e. The molecule has 3 rings (SSSR count). The Morgan fingerprint density at radius 1 is 0.846 bits per heavy atom. The van der Waals surface area contributed by atoms with E-state index in [1.807, 2.05) is 72.8 Å². The lowest BCUT2D eigenvalue weighted by Crippen LogP contribution is -2.23. The van der Waals surface area contributed by atoms with Gasteiger partial charge in [0.25, 0.3) is 5.91 Å². The van der Waals surface area contributed by atoms with Crippen molar-refractivity contribution in [1.29, 1.82) is 0 Å². The number of rotatable bonds is 5. The Labute approximate surface area is 163 Å². The maximum atomic E-state index is 12.9. The van der Waals surface area contributed by atoms with Gasteiger partial charge in [-0.3, -0.25) is 4.79 Å². The summed E-state index contributed by atoms with van der Waals surface area (Å²) in [6.07, 6.45) is 1.81. The van der Waals surface area contributed by atoms with Gasteiger partial charge in [0, 0.05) is 22.2 Å². The summed E-state index contributed by atoms with van der Waals surface area (Å²) in [5, 5.41) is 4.24. The third-order valence-corrected chi connectivity index (χ3v) is 4.50. The quantitative estimate of drug-likeness (QED) is 0.435. The Kier molecular flexibility index (Phi) is 6.11. The first-order valence-corrected chi connectivity index (χ1v) is 8.93. The molecule has 0 radical (unpaired) electrons. The van der Waals surface area contributed by atoms with Crippen molar-refractivity contribution in [2.24, 2.45) is 0 Å². The number of carbonyl (C=O) groups is 1. The topological polar surface area (TPSA) is 29.1 Å². The predicted octanol–water partition coefficient (Wildman–Crippen LogP) is 5.85. The number of carbonyl (C=O) groups excluding carboxylic acids is 1. The molecule has 0 aliphatic heterocycles. The molecule has 26 heavy (non-hydrogen) atoms. The molecular weight excluding hydrogens is 365 g/mol. The SMILES string of the molecule is O=C(NCc1ccc(Cl)cc1)/C(=C/c1ccccc1Cl)c1ccccc1. The third kappa shape index (κ3) is 4.75. The maximum absolute atomic E-state index is 12.9. The lowest BCUT2D eigenvalue weighted by atomic mass is 10.0. The molecule has 1 amide bonds. The minimum atomic E-state index is -0.161. The molecule has 2 nitrogen and oxygen atoms in total. The summed E-state index contributed by atoms with van der Waals surface area (Å²) in [5.41, 5.74) is 3.18. The van der Waals surface area contributed by atoms with E-state index in [4.69, 9.17) is 23.2 Å². The number of amides is 1. The van der Waals surface area contributed by atoms with E-state index < -0.39 is 0 Å². The van der Waals surface area contributed by atoms with Crippen molar-refractivity contribution in [2.75, 3.05) is 0 Å². The predicted molar refractivity (Wildman–Crippen MR) is 109 cm³/mol. The largest absolute Gasteiger partial charge is 0.348 e. The second-order valence-electron chi connectivity index (χ2n) is 5.75.